The van der Waals surface area contributed by atoms with E-state index in [-0.39, 0.29) is 11.6 Å². The highest BCUT2D eigenvalue weighted by Gasteiger charge is 2.17. The number of nitrogens with one attached hydrogen (secondary N) is 1. The third kappa shape index (κ3) is 4.53. The van der Waals surface area contributed by atoms with Gasteiger partial charge in [-0.25, -0.2) is 0 Å². The normalized spacial score (nSPS) is 18.9. The van der Waals surface area contributed by atoms with E-state index in [1.54, 1.807) is 6.07 Å². The van der Waals surface area contributed by atoms with Crippen LogP contribution in [0.3, 0.4) is 0 Å². The summed E-state index contributed by atoms with van der Waals surface area (Å²) < 4.78 is 0. The third-order valence-corrected chi connectivity index (χ3v) is 4.17. The monoisotopic (exact) mass is 305 g/mol. The van der Waals surface area contributed by atoms with Gasteiger partial charge in [0.2, 0.25) is 0 Å². The molecule has 6 heteroatoms. The lowest BCUT2D eigenvalue weighted by Crippen LogP contribution is -2.39. The van der Waals surface area contributed by atoms with E-state index in [4.69, 9.17) is 0 Å². The Kier molecular flexibility index (Phi) is 5.89. The number of hydrogen-bond donors (Lipinski definition) is 1. The number of amides is 1. The molecule has 1 unspecified atom stereocenters. The second-order valence-electron chi connectivity index (χ2n) is 5.80. The lowest BCUT2D eigenvalue weighted by molar-refractivity contribution is -0.384. The van der Waals surface area contributed by atoms with E-state index < -0.39 is 4.92 Å². The zero-order valence-corrected chi connectivity index (χ0v) is 13.0. The van der Waals surface area contributed by atoms with Gasteiger partial charge in [0.1, 0.15) is 0 Å². The van der Waals surface area contributed by atoms with Gasteiger partial charge in [-0.3, -0.25) is 14.9 Å². The van der Waals surface area contributed by atoms with Crippen LogP contribution >= 0.6 is 0 Å². The topological polar surface area (TPSA) is 75.5 Å². The van der Waals surface area contributed by atoms with Crippen molar-refractivity contribution in [3.05, 3.63) is 39.9 Å². The Morgan fingerprint density at radius 2 is 2.27 bits per heavy atom. The lowest BCUT2D eigenvalue weighted by atomic mass is 10.0. The van der Waals surface area contributed by atoms with Crippen LogP contribution in [0.5, 0.6) is 0 Å². The van der Waals surface area contributed by atoms with Gasteiger partial charge < -0.3 is 10.2 Å². The quantitative estimate of drug-likeness (QED) is 0.498. The molecule has 1 aromatic carbocycles. The third-order valence-electron chi connectivity index (χ3n) is 4.17. The fraction of sp³-hybridized carbons (Fsp3) is 0.562. The van der Waals surface area contributed by atoms with Crippen LogP contribution in [-0.2, 0) is 0 Å². The molecule has 0 bridgehead atoms. The van der Waals surface area contributed by atoms with E-state index in [9.17, 15) is 14.9 Å². The highest BCUT2D eigenvalue weighted by Crippen LogP contribution is 2.16. The molecule has 120 valence electrons. The number of nitrogens with zero attached hydrogens (tertiary/aromatic N) is 2. The van der Waals surface area contributed by atoms with Gasteiger partial charge in [0, 0.05) is 36.8 Å². The number of rotatable bonds is 6. The fourth-order valence-electron chi connectivity index (χ4n) is 2.84. The molecule has 0 radical (unpaired) electrons. The van der Waals surface area contributed by atoms with Crippen LogP contribution in [0.4, 0.5) is 5.69 Å². The Bertz CT molecular complexity index is 533. The Hall–Kier alpha value is -1.95. The molecule has 1 atom stereocenters. The van der Waals surface area contributed by atoms with Crippen molar-refractivity contribution in [1.82, 2.24) is 10.2 Å². The van der Waals surface area contributed by atoms with Crippen molar-refractivity contribution < 1.29 is 9.72 Å². The molecule has 1 aromatic rings. The average molecular weight is 305 g/mol. The van der Waals surface area contributed by atoms with Gasteiger partial charge in [-0.1, -0.05) is 12.5 Å². The average Bonchev–Trinajstić information content (AvgIpc) is 2.53. The fourth-order valence-corrected chi connectivity index (χ4v) is 2.84. The molecule has 2 rings (SSSR count). The molecular formula is C16H23N3O3. The molecule has 1 fully saturated rings. The van der Waals surface area contributed by atoms with E-state index in [1.165, 1.54) is 37.5 Å². The smallest absolute Gasteiger partial charge is 0.270 e. The molecule has 0 saturated carbocycles. The van der Waals surface area contributed by atoms with E-state index in [0.29, 0.717) is 18.2 Å². The Morgan fingerprint density at radius 1 is 1.45 bits per heavy atom. The maximum absolute atomic E-state index is 12.0. The predicted molar refractivity (Wildman–Crippen MR) is 84.9 cm³/mol. The molecule has 1 heterocycles. The minimum absolute atomic E-state index is 0.0604. The first-order chi connectivity index (χ1) is 10.6. The van der Waals surface area contributed by atoms with Crippen LogP contribution in [0.25, 0.3) is 0 Å². The number of hydrogen-bond acceptors (Lipinski definition) is 4. The van der Waals surface area contributed by atoms with Gasteiger partial charge in [-0.05, 0) is 38.8 Å². The second kappa shape index (κ2) is 7.89. The van der Waals surface area contributed by atoms with Gasteiger partial charge in [0.25, 0.3) is 11.6 Å². The summed E-state index contributed by atoms with van der Waals surface area (Å²) in [7, 11) is 0. The first kappa shape index (κ1) is 16.4. The lowest BCUT2D eigenvalue weighted by Gasteiger charge is -2.33. The minimum atomic E-state index is -0.492. The molecule has 1 aliphatic heterocycles. The van der Waals surface area contributed by atoms with Crippen molar-refractivity contribution in [3.8, 4) is 0 Å². The Balaban J connectivity index is 1.75. The van der Waals surface area contributed by atoms with Crippen LogP contribution < -0.4 is 5.32 Å². The van der Waals surface area contributed by atoms with E-state index in [0.717, 1.165) is 19.5 Å². The van der Waals surface area contributed by atoms with Crippen molar-refractivity contribution in [3.63, 3.8) is 0 Å². The summed E-state index contributed by atoms with van der Waals surface area (Å²) in [5.74, 6) is -0.254. The first-order valence-corrected chi connectivity index (χ1v) is 7.84. The van der Waals surface area contributed by atoms with Crippen LogP contribution in [-0.4, -0.2) is 41.4 Å². The van der Waals surface area contributed by atoms with E-state index >= 15 is 0 Å². The van der Waals surface area contributed by atoms with Crippen molar-refractivity contribution in [2.24, 2.45) is 0 Å². The summed E-state index contributed by atoms with van der Waals surface area (Å²) >= 11 is 0. The number of benzene rings is 1. The number of carbonyl (C=O) groups is 1. The Labute approximate surface area is 130 Å². The summed E-state index contributed by atoms with van der Waals surface area (Å²) in [5, 5.41) is 13.5. The molecule has 1 amide bonds. The minimum Gasteiger partial charge on any atom is -0.352 e. The maximum atomic E-state index is 12.0. The van der Waals surface area contributed by atoms with Gasteiger partial charge in [-0.2, -0.15) is 0 Å². The summed E-state index contributed by atoms with van der Waals surface area (Å²) in [6, 6.07) is 6.44. The first-order valence-electron chi connectivity index (χ1n) is 7.84. The number of carbonyl (C=O) groups excluding carboxylic acids is 1. The Morgan fingerprint density at radius 3 is 3.00 bits per heavy atom. The van der Waals surface area contributed by atoms with Gasteiger partial charge in [0.15, 0.2) is 0 Å². The SMILES string of the molecule is CC1CCCCN1CCCNC(=O)c1cccc([N+](=O)[O-])c1. The number of non-ortho nitro benzene ring substituents is 1. The molecular weight excluding hydrogens is 282 g/mol. The van der Waals surface area contributed by atoms with Crippen molar-refractivity contribution in [2.45, 2.75) is 38.6 Å². The largest absolute Gasteiger partial charge is 0.352 e. The molecule has 0 spiro atoms. The standard InChI is InChI=1S/C16H23N3O3/c1-13-6-2-3-10-18(13)11-5-9-17-16(20)14-7-4-8-15(12-14)19(21)22/h4,7-8,12-13H,2-3,5-6,9-11H2,1H3,(H,17,20). The van der Waals surface area contributed by atoms with Gasteiger partial charge in [0.05, 0.1) is 4.92 Å². The van der Waals surface area contributed by atoms with Crippen molar-refractivity contribution in [2.75, 3.05) is 19.6 Å². The second-order valence-corrected chi connectivity index (χ2v) is 5.80. The molecule has 1 aliphatic rings. The zero-order valence-electron chi connectivity index (χ0n) is 13.0. The highest BCUT2D eigenvalue weighted by atomic mass is 16.6. The van der Waals surface area contributed by atoms with E-state index in [1.807, 2.05) is 0 Å². The number of nitro benzene ring substituents is 1. The van der Waals surface area contributed by atoms with Crippen LogP contribution in [0.1, 0.15) is 43.0 Å². The zero-order chi connectivity index (χ0) is 15.9. The van der Waals surface area contributed by atoms with Crippen molar-refractivity contribution in [1.29, 1.82) is 0 Å². The predicted octanol–water partition coefficient (Wildman–Crippen LogP) is 2.59. The van der Waals surface area contributed by atoms with Crippen LogP contribution in [0.2, 0.25) is 0 Å². The van der Waals surface area contributed by atoms with Crippen LogP contribution in [0, 0.1) is 10.1 Å². The molecule has 22 heavy (non-hydrogen) atoms. The summed E-state index contributed by atoms with van der Waals surface area (Å²) in [6.45, 7) is 4.96. The maximum Gasteiger partial charge on any atom is 0.270 e. The van der Waals surface area contributed by atoms with Gasteiger partial charge >= 0.3 is 0 Å². The number of piperidine rings is 1. The molecule has 1 saturated heterocycles. The van der Waals surface area contributed by atoms with Gasteiger partial charge in [-0.15, -0.1) is 0 Å². The molecule has 1 N–H and O–H groups in total. The summed E-state index contributed by atoms with van der Waals surface area (Å²) in [4.78, 5) is 24.7. The molecule has 0 aliphatic carbocycles. The number of nitro groups is 1. The number of likely N-dealkylation sites (tertiary alicyclic amines) is 1. The highest BCUT2D eigenvalue weighted by molar-refractivity contribution is 5.94. The van der Waals surface area contributed by atoms with Crippen LogP contribution in [0.15, 0.2) is 24.3 Å². The summed E-state index contributed by atoms with van der Waals surface area (Å²) in [5.41, 5.74) is 0.273. The van der Waals surface area contributed by atoms with Crippen molar-refractivity contribution >= 4 is 11.6 Å². The molecule has 6 nitrogen and oxygen atoms in total. The van der Waals surface area contributed by atoms with E-state index in [2.05, 4.69) is 17.1 Å². The summed E-state index contributed by atoms with van der Waals surface area (Å²) in [6.07, 6.45) is 4.70. The molecule has 0 aromatic heterocycles.